The Hall–Kier alpha value is -2.37. The van der Waals surface area contributed by atoms with Gasteiger partial charge < -0.3 is 19.1 Å². The highest BCUT2D eigenvalue weighted by molar-refractivity contribution is 6.06. The van der Waals surface area contributed by atoms with E-state index >= 15 is 0 Å². The van der Waals surface area contributed by atoms with Crippen LogP contribution in [0.3, 0.4) is 0 Å². The molecular weight excluding hydrogens is 366 g/mol. The summed E-state index contributed by atoms with van der Waals surface area (Å²) in [6.45, 7) is 6.22. The lowest BCUT2D eigenvalue weighted by molar-refractivity contribution is -0.180. The molecule has 1 amide bonds. The van der Waals surface area contributed by atoms with E-state index in [1.54, 1.807) is 4.90 Å². The first-order valence-electron chi connectivity index (χ1n) is 10.6. The van der Waals surface area contributed by atoms with Gasteiger partial charge in [-0.3, -0.25) is 4.79 Å². The zero-order valence-electron chi connectivity index (χ0n) is 17.3. The van der Waals surface area contributed by atoms with Crippen LogP contribution in [0.4, 0.5) is 5.69 Å². The molecule has 0 aliphatic carbocycles. The van der Waals surface area contributed by atoms with Crippen LogP contribution in [0.25, 0.3) is 0 Å². The van der Waals surface area contributed by atoms with Crippen LogP contribution in [0, 0.1) is 6.92 Å². The second-order valence-electron chi connectivity index (χ2n) is 7.74. The third-order valence-electron chi connectivity index (χ3n) is 5.53. The molecule has 2 aliphatic rings. The average molecular weight is 395 g/mol. The number of hydrogen-bond acceptors (Lipinski definition) is 4. The van der Waals surface area contributed by atoms with Gasteiger partial charge in [-0.15, -0.1) is 0 Å². The number of nitrogens with zero attached hydrogens (tertiary/aromatic N) is 1. The van der Waals surface area contributed by atoms with Crippen molar-refractivity contribution in [1.82, 2.24) is 0 Å². The van der Waals surface area contributed by atoms with Crippen LogP contribution < -0.4 is 9.64 Å². The van der Waals surface area contributed by atoms with Crippen molar-refractivity contribution >= 4 is 11.6 Å². The summed E-state index contributed by atoms with van der Waals surface area (Å²) in [7, 11) is 0. The molecule has 0 N–H and O–H groups in total. The highest BCUT2D eigenvalue weighted by atomic mass is 16.7. The molecule has 4 rings (SSSR count). The van der Waals surface area contributed by atoms with Gasteiger partial charge in [-0.2, -0.15) is 0 Å². The minimum Gasteiger partial charge on any atom is -0.494 e. The molecule has 5 heteroatoms. The molecule has 2 heterocycles. The molecule has 1 saturated heterocycles. The van der Waals surface area contributed by atoms with E-state index in [0.29, 0.717) is 26.4 Å². The topological polar surface area (TPSA) is 48.0 Å². The smallest absolute Gasteiger partial charge is 0.292 e. The number of aryl methyl sites for hydroxylation is 2. The van der Waals surface area contributed by atoms with Crippen LogP contribution in [0.15, 0.2) is 42.5 Å². The zero-order valence-corrected chi connectivity index (χ0v) is 17.3. The zero-order chi connectivity index (χ0) is 20.3. The number of ether oxygens (including phenoxy) is 3. The number of carbonyl (C=O) groups is 1. The van der Waals surface area contributed by atoms with Crippen LogP contribution in [0.5, 0.6) is 5.75 Å². The molecule has 0 radical (unpaired) electrons. The van der Waals surface area contributed by atoms with E-state index in [9.17, 15) is 4.79 Å². The normalized spacial score (nSPS) is 17.2. The molecule has 0 aromatic heterocycles. The van der Waals surface area contributed by atoms with Gasteiger partial charge in [-0.1, -0.05) is 31.5 Å². The number of rotatable bonds is 8. The number of benzene rings is 2. The number of carbonyl (C=O) groups excluding carboxylic acids is 1. The fourth-order valence-electron chi connectivity index (χ4n) is 4.05. The maximum Gasteiger partial charge on any atom is 0.292 e. The summed E-state index contributed by atoms with van der Waals surface area (Å²) in [4.78, 5) is 15.1. The van der Waals surface area contributed by atoms with Crippen molar-refractivity contribution in [2.75, 3.05) is 31.3 Å². The van der Waals surface area contributed by atoms with Gasteiger partial charge in [0.1, 0.15) is 5.75 Å². The summed E-state index contributed by atoms with van der Waals surface area (Å²) < 4.78 is 17.6. The summed E-state index contributed by atoms with van der Waals surface area (Å²) >= 11 is 0. The molecule has 2 aromatic carbocycles. The van der Waals surface area contributed by atoms with Gasteiger partial charge in [0.05, 0.1) is 25.5 Å². The number of unbranched alkanes of at least 4 members (excludes halogenated alkanes) is 1. The van der Waals surface area contributed by atoms with Gasteiger partial charge in [-0.25, -0.2) is 0 Å². The third-order valence-corrected chi connectivity index (χ3v) is 5.53. The van der Waals surface area contributed by atoms with Crippen LogP contribution in [0.2, 0.25) is 0 Å². The first-order valence-corrected chi connectivity index (χ1v) is 10.6. The predicted molar refractivity (Wildman–Crippen MR) is 112 cm³/mol. The summed E-state index contributed by atoms with van der Waals surface area (Å²) in [5.41, 5.74) is 4.14. The van der Waals surface area contributed by atoms with Crippen LogP contribution in [-0.2, 0) is 26.5 Å². The molecular formula is C24H29NO4. The van der Waals surface area contributed by atoms with Gasteiger partial charge in [0.15, 0.2) is 0 Å². The Balaban J connectivity index is 1.47. The summed E-state index contributed by atoms with van der Waals surface area (Å²) in [6.07, 6.45) is 3.99. The maximum absolute atomic E-state index is 13.3. The highest BCUT2D eigenvalue weighted by Gasteiger charge is 2.55. The van der Waals surface area contributed by atoms with Crippen molar-refractivity contribution in [2.45, 2.75) is 45.3 Å². The SMILES string of the molecule is CCCCc1ccc2c(c1)C1(OCCO1)C(=O)N2CCCOc1cccc(C)c1. The molecule has 5 nitrogen and oxygen atoms in total. The van der Waals surface area contributed by atoms with Crippen molar-refractivity contribution in [3.8, 4) is 5.75 Å². The Morgan fingerprint density at radius 3 is 2.69 bits per heavy atom. The molecule has 2 aromatic rings. The van der Waals surface area contributed by atoms with Crippen molar-refractivity contribution in [3.05, 3.63) is 59.2 Å². The Bertz CT molecular complexity index is 873. The van der Waals surface area contributed by atoms with Crippen LogP contribution >= 0.6 is 0 Å². The van der Waals surface area contributed by atoms with Crippen molar-refractivity contribution in [2.24, 2.45) is 0 Å². The molecule has 0 unspecified atom stereocenters. The van der Waals surface area contributed by atoms with Gasteiger partial charge in [0.25, 0.3) is 11.7 Å². The van der Waals surface area contributed by atoms with E-state index < -0.39 is 5.79 Å². The van der Waals surface area contributed by atoms with Gasteiger partial charge in [0.2, 0.25) is 0 Å². The molecule has 1 fully saturated rings. The van der Waals surface area contributed by atoms with E-state index in [4.69, 9.17) is 14.2 Å². The number of anilines is 1. The number of fused-ring (bicyclic) bond motifs is 2. The average Bonchev–Trinajstić information content (AvgIpc) is 3.30. The predicted octanol–water partition coefficient (Wildman–Crippen LogP) is 4.35. The molecule has 0 bridgehead atoms. The first kappa shape index (κ1) is 19.9. The monoisotopic (exact) mass is 395 g/mol. The first-order chi connectivity index (χ1) is 14.1. The van der Waals surface area contributed by atoms with E-state index in [1.807, 2.05) is 37.3 Å². The van der Waals surface area contributed by atoms with Crippen molar-refractivity contribution in [3.63, 3.8) is 0 Å². The fraction of sp³-hybridized carbons (Fsp3) is 0.458. The lowest BCUT2D eigenvalue weighted by atomic mass is 10.0. The quantitative estimate of drug-likeness (QED) is 0.624. The van der Waals surface area contributed by atoms with Crippen LogP contribution in [-0.4, -0.2) is 32.3 Å². The molecule has 154 valence electrons. The number of amides is 1. The standard InChI is InChI=1S/C24H29NO4/c1-3-4-8-19-10-11-22-21(17-19)24(28-14-15-29-24)23(26)25(22)12-6-13-27-20-9-5-7-18(2)16-20/h5,7,9-11,16-17H,3-4,6,8,12-15H2,1-2H3. The summed E-state index contributed by atoms with van der Waals surface area (Å²) in [6, 6.07) is 14.3. The van der Waals surface area contributed by atoms with Crippen molar-refractivity contribution in [1.29, 1.82) is 0 Å². The molecule has 0 atom stereocenters. The van der Waals surface area contributed by atoms with Gasteiger partial charge in [-0.05, 0) is 61.6 Å². The largest absolute Gasteiger partial charge is 0.494 e. The Morgan fingerprint density at radius 1 is 1.10 bits per heavy atom. The van der Waals surface area contributed by atoms with E-state index in [0.717, 1.165) is 42.7 Å². The van der Waals surface area contributed by atoms with Gasteiger partial charge >= 0.3 is 0 Å². The summed E-state index contributed by atoms with van der Waals surface area (Å²) in [5.74, 6) is -0.513. The minimum absolute atomic E-state index is 0.117. The molecule has 1 spiro atoms. The van der Waals surface area contributed by atoms with Gasteiger partial charge in [0, 0.05) is 12.1 Å². The fourth-order valence-corrected chi connectivity index (χ4v) is 4.05. The van der Waals surface area contributed by atoms with Crippen LogP contribution in [0.1, 0.15) is 42.9 Å². The number of hydrogen-bond donors (Lipinski definition) is 0. The Morgan fingerprint density at radius 2 is 1.93 bits per heavy atom. The Labute approximate surface area is 172 Å². The highest BCUT2D eigenvalue weighted by Crippen LogP contribution is 2.46. The lowest BCUT2D eigenvalue weighted by Gasteiger charge is -2.22. The van der Waals surface area contributed by atoms with E-state index in [1.165, 1.54) is 11.1 Å². The summed E-state index contributed by atoms with van der Waals surface area (Å²) in [5, 5.41) is 0. The second kappa shape index (κ2) is 8.56. The van der Waals surface area contributed by atoms with E-state index in [-0.39, 0.29) is 5.91 Å². The third kappa shape index (κ3) is 3.89. The maximum atomic E-state index is 13.3. The van der Waals surface area contributed by atoms with E-state index in [2.05, 4.69) is 19.1 Å². The lowest BCUT2D eigenvalue weighted by Crippen LogP contribution is -2.41. The van der Waals surface area contributed by atoms with Crippen molar-refractivity contribution < 1.29 is 19.0 Å². The Kier molecular flexibility index (Phi) is 5.88. The minimum atomic E-state index is -1.26. The molecule has 2 aliphatic heterocycles. The molecule has 0 saturated carbocycles. The molecule has 29 heavy (non-hydrogen) atoms. The second-order valence-corrected chi connectivity index (χ2v) is 7.74.